The summed E-state index contributed by atoms with van der Waals surface area (Å²) in [5, 5.41) is 11.2. The molecule has 0 bridgehead atoms. The molecule has 2 aromatic heterocycles. The average molecular weight is 427 g/mol. The van der Waals surface area contributed by atoms with Gasteiger partial charge >= 0.3 is 5.97 Å². The first-order valence-electron chi connectivity index (χ1n) is 10.6. The number of carboxylic acid groups (broad SMARTS) is 1. The third-order valence-electron chi connectivity index (χ3n) is 5.80. The van der Waals surface area contributed by atoms with Crippen LogP contribution in [0.2, 0.25) is 0 Å². The molecule has 0 saturated carbocycles. The first-order valence-corrected chi connectivity index (χ1v) is 10.6. The predicted molar refractivity (Wildman–Crippen MR) is 128 cm³/mol. The quantitative estimate of drug-likeness (QED) is 0.395. The molecule has 0 unspecified atom stereocenters. The standard InChI is InChI=1S/C27H26N2O3/c1-5-18-12-14-23-22(15-18)24(21-13-11-17(3)28-26(21)32-4)25(27(30)31)29(23)16-20-10-8-7-9-19(20)6-2/h6-15H,2,5,16H2,1,3-4H3,(H,30,31). The maximum atomic E-state index is 12.6. The van der Waals surface area contributed by atoms with Crippen molar-refractivity contribution in [1.29, 1.82) is 0 Å². The maximum Gasteiger partial charge on any atom is 0.353 e. The average Bonchev–Trinajstić information content (AvgIpc) is 3.12. The molecular weight excluding hydrogens is 400 g/mol. The van der Waals surface area contributed by atoms with Gasteiger partial charge < -0.3 is 14.4 Å². The Morgan fingerprint density at radius 2 is 1.97 bits per heavy atom. The molecule has 0 fully saturated rings. The molecule has 1 N–H and O–H groups in total. The van der Waals surface area contributed by atoms with Gasteiger partial charge in [0.1, 0.15) is 5.69 Å². The third kappa shape index (κ3) is 3.66. The van der Waals surface area contributed by atoms with Gasteiger partial charge in [0.25, 0.3) is 0 Å². The maximum absolute atomic E-state index is 12.6. The zero-order valence-corrected chi connectivity index (χ0v) is 18.6. The Kier molecular flexibility index (Phi) is 5.82. The molecule has 4 rings (SSSR count). The number of fused-ring (bicyclic) bond motifs is 1. The molecule has 32 heavy (non-hydrogen) atoms. The lowest BCUT2D eigenvalue weighted by Crippen LogP contribution is -2.11. The van der Waals surface area contributed by atoms with Crippen molar-refractivity contribution in [2.24, 2.45) is 0 Å². The van der Waals surface area contributed by atoms with E-state index in [9.17, 15) is 9.90 Å². The van der Waals surface area contributed by atoms with Gasteiger partial charge in [0.15, 0.2) is 0 Å². The van der Waals surface area contributed by atoms with E-state index >= 15 is 0 Å². The van der Waals surface area contributed by atoms with Crippen molar-refractivity contribution >= 4 is 22.9 Å². The van der Waals surface area contributed by atoms with Gasteiger partial charge in [0.05, 0.1) is 7.11 Å². The monoisotopic (exact) mass is 426 g/mol. The molecule has 0 atom stereocenters. The Morgan fingerprint density at radius 3 is 2.66 bits per heavy atom. The molecule has 2 heterocycles. The molecule has 4 aromatic rings. The summed E-state index contributed by atoms with van der Waals surface area (Å²) >= 11 is 0. The van der Waals surface area contributed by atoms with E-state index < -0.39 is 5.97 Å². The van der Waals surface area contributed by atoms with Crippen molar-refractivity contribution in [3.63, 3.8) is 0 Å². The Hall–Kier alpha value is -3.86. The number of benzene rings is 2. The van der Waals surface area contributed by atoms with Crippen molar-refractivity contribution in [3.05, 3.63) is 89.3 Å². The van der Waals surface area contributed by atoms with Crippen LogP contribution in [-0.2, 0) is 13.0 Å². The Morgan fingerprint density at radius 1 is 1.19 bits per heavy atom. The highest BCUT2D eigenvalue weighted by atomic mass is 16.5. The third-order valence-corrected chi connectivity index (χ3v) is 5.80. The van der Waals surface area contributed by atoms with Crippen LogP contribution >= 0.6 is 0 Å². The summed E-state index contributed by atoms with van der Waals surface area (Å²) in [5.74, 6) is -0.576. The van der Waals surface area contributed by atoms with Crippen molar-refractivity contribution in [1.82, 2.24) is 9.55 Å². The number of hydrogen-bond donors (Lipinski definition) is 1. The number of ether oxygens (including phenoxy) is 1. The fourth-order valence-corrected chi connectivity index (χ4v) is 4.21. The van der Waals surface area contributed by atoms with Crippen LogP contribution in [0.1, 0.15) is 39.8 Å². The van der Waals surface area contributed by atoms with Gasteiger partial charge in [-0.2, -0.15) is 0 Å². The fraction of sp³-hybridized carbons (Fsp3) is 0.185. The Bertz CT molecular complexity index is 1330. The van der Waals surface area contributed by atoms with Gasteiger partial charge in [-0.05, 0) is 54.3 Å². The van der Waals surface area contributed by atoms with E-state index in [4.69, 9.17) is 4.74 Å². The number of rotatable bonds is 7. The van der Waals surface area contributed by atoms with Gasteiger partial charge in [0.2, 0.25) is 5.88 Å². The number of hydrogen-bond acceptors (Lipinski definition) is 3. The number of pyridine rings is 1. The number of aryl methyl sites for hydroxylation is 2. The molecule has 0 aliphatic heterocycles. The molecule has 0 radical (unpaired) electrons. The number of carboxylic acids is 1. The second-order valence-corrected chi connectivity index (χ2v) is 7.73. The van der Waals surface area contributed by atoms with Crippen LogP contribution in [0, 0.1) is 6.92 Å². The lowest BCUT2D eigenvalue weighted by molar-refractivity contribution is 0.0687. The SMILES string of the molecule is C=Cc1ccccc1Cn1c(C(=O)O)c(-c2ccc(C)nc2OC)c2cc(CC)ccc21. The van der Waals surface area contributed by atoms with Crippen LogP contribution in [0.25, 0.3) is 28.1 Å². The molecule has 5 heteroatoms. The van der Waals surface area contributed by atoms with Gasteiger partial charge in [-0.1, -0.05) is 49.9 Å². The largest absolute Gasteiger partial charge is 0.481 e. The molecule has 0 aliphatic carbocycles. The van der Waals surface area contributed by atoms with Gasteiger partial charge in [-0.25, -0.2) is 9.78 Å². The van der Waals surface area contributed by atoms with Crippen molar-refractivity contribution in [2.75, 3.05) is 7.11 Å². The highest BCUT2D eigenvalue weighted by Crippen LogP contribution is 2.40. The van der Waals surface area contributed by atoms with Crippen molar-refractivity contribution in [2.45, 2.75) is 26.8 Å². The lowest BCUT2D eigenvalue weighted by Gasteiger charge is -2.12. The van der Waals surface area contributed by atoms with E-state index in [0.29, 0.717) is 23.6 Å². The van der Waals surface area contributed by atoms with E-state index in [1.54, 1.807) is 13.2 Å². The summed E-state index contributed by atoms with van der Waals surface area (Å²) in [6, 6.07) is 17.8. The number of aromatic carboxylic acids is 1. The fourth-order valence-electron chi connectivity index (χ4n) is 4.21. The Labute approximate surface area is 187 Å². The second-order valence-electron chi connectivity index (χ2n) is 7.73. The Balaban J connectivity index is 2.08. The van der Waals surface area contributed by atoms with E-state index in [-0.39, 0.29) is 5.69 Å². The molecule has 0 saturated heterocycles. The molecule has 162 valence electrons. The molecule has 0 amide bonds. The molecule has 0 aliphatic rings. The minimum absolute atomic E-state index is 0.219. The zero-order valence-electron chi connectivity index (χ0n) is 18.6. The van der Waals surface area contributed by atoms with E-state index in [1.165, 1.54) is 0 Å². The first-order chi connectivity index (χ1) is 15.5. The van der Waals surface area contributed by atoms with Crippen molar-refractivity contribution in [3.8, 4) is 17.0 Å². The normalized spacial score (nSPS) is 11.0. The highest BCUT2D eigenvalue weighted by Gasteiger charge is 2.26. The number of nitrogens with zero attached hydrogens (tertiary/aromatic N) is 2. The molecule has 2 aromatic carbocycles. The van der Waals surface area contributed by atoms with Crippen LogP contribution in [0.5, 0.6) is 5.88 Å². The van der Waals surface area contributed by atoms with Crippen LogP contribution in [0.15, 0.2) is 61.2 Å². The molecular formula is C27H26N2O3. The summed E-state index contributed by atoms with van der Waals surface area (Å²) in [6.07, 6.45) is 2.65. The second kappa shape index (κ2) is 8.71. The summed E-state index contributed by atoms with van der Waals surface area (Å²) in [7, 11) is 1.56. The number of methoxy groups -OCH3 is 1. The van der Waals surface area contributed by atoms with Gasteiger partial charge in [-0.15, -0.1) is 0 Å². The predicted octanol–water partition coefficient (Wildman–Crippen LogP) is 5.97. The number of aromatic nitrogens is 2. The van der Waals surface area contributed by atoms with E-state index in [1.807, 2.05) is 54.0 Å². The molecule has 5 nitrogen and oxygen atoms in total. The topological polar surface area (TPSA) is 64.4 Å². The van der Waals surface area contributed by atoms with E-state index in [0.717, 1.165) is 39.7 Å². The summed E-state index contributed by atoms with van der Waals surface area (Å²) in [5.41, 5.74) is 6.30. The smallest absolute Gasteiger partial charge is 0.353 e. The summed E-state index contributed by atoms with van der Waals surface area (Å²) in [4.78, 5) is 17.1. The van der Waals surface area contributed by atoms with Gasteiger partial charge in [0, 0.05) is 34.3 Å². The zero-order chi connectivity index (χ0) is 22.8. The van der Waals surface area contributed by atoms with Crippen LogP contribution < -0.4 is 4.74 Å². The highest BCUT2D eigenvalue weighted by molar-refractivity contribution is 6.09. The van der Waals surface area contributed by atoms with Crippen LogP contribution in [-0.4, -0.2) is 27.7 Å². The van der Waals surface area contributed by atoms with Crippen LogP contribution in [0.3, 0.4) is 0 Å². The summed E-state index contributed by atoms with van der Waals surface area (Å²) in [6.45, 7) is 8.29. The van der Waals surface area contributed by atoms with E-state index in [2.05, 4.69) is 30.6 Å². The van der Waals surface area contributed by atoms with Crippen LogP contribution in [0.4, 0.5) is 0 Å². The van der Waals surface area contributed by atoms with Crippen molar-refractivity contribution < 1.29 is 14.6 Å². The minimum Gasteiger partial charge on any atom is -0.481 e. The molecule has 0 spiro atoms. The summed E-state index contributed by atoms with van der Waals surface area (Å²) < 4.78 is 7.43. The van der Waals surface area contributed by atoms with Gasteiger partial charge in [-0.3, -0.25) is 0 Å². The number of carbonyl (C=O) groups is 1. The minimum atomic E-state index is -0.993. The lowest BCUT2D eigenvalue weighted by atomic mass is 10.0. The first kappa shape index (κ1) is 21.4.